The number of carboxylic acids is 1. The van der Waals surface area contributed by atoms with Crippen molar-refractivity contribution in [3.05, 3.63) is 0 Å². The maximum atomic E-state index is 11.0. The van der Waals surface area contributed by atoms with Crippen LogP contribution in [-0.4, -0.2) is 34.5 Å². The van der Waals surface area contributed by atoms with E-state index in [1.165, 1.54) is 4.90 Å². The Hall–Kier alpha value is -1.06. The van der Waals surface area contributed by atoms with Crippen LogP contribution < -0.4 is 0 Å². The van der Waals surface area contributed by atoms with E-state index in [-0.39, 0.29) is 12.0 Å². The average molecular weight is 199 g/mol. The largest absolute Gasteiger partial charge is 0.480 e. The average Bonchev–Trinajstić information content (AvgIpc) is 1.99. The second-order valence-corrected chi connectivity index (χ2v) is 4.12. The molecule has 0 saturated heterocycles. The summed E-state index contributed by atoms with van der Waals surface area (Å²) in [5.41, 5.74) is 0. The molecular formula is C10H17NO3. The van der Waals surface area contributed by atoms with Crippen LogP contribution in [0.15, 0.2) is 0 Å². The van der Waals surface area contributed by atoms with Gasteiger partial charge in [0, 0.05) is 6.04 Å². The topological polar surface area (TPSA) is 57.6 Å². The van der Waals surface area contributed by atoms with Crippen molar-refractivity contribution in [1.82, 2.24) is 4.90 Å². The number of carbonyl (C=O) groups is 2. The van der Waals surface area contributed by atoms with E-state index in [0.29, 0.717) is 6.41 Å². The molecule has 0 aliphatic heterocycles. The van der Waals surface area contributed by atoms with Crippen molar-refractivity contribution in [3.63, 3.8) is 0 Å². The Bertz CT molecular complexity index is 223. The first-order valence-corrected chi connectivity index (χ1v) is 5.03. The summed E-state index contributed by atoms with van der Waals surface area (Å²) in [7, 11) is 0. The van der Waals surface area contributed by atoms with Gasteiger partial charge in [0.1, 0.15) is 6.04 Å². The summed E-state index contributed by atoms with van der Waals surface area (Å²) >= 11 is 0. The Morgan fingerprint density at radius 1 is 1.50 bits per heavy atom. The minimum atomic E-state index is -0.879. The first-order valence-electron chi connectivity index (χ1n) is 5.03. The van der Waals surface area contributed by atoms with Crippen LogP contribution in [0.25, 0.3) is 0 Å². The van der Waals surface area contributed by atoms with Gasteiger partial charge in [0.2, 0.25) is 6.41 Å². The number of rotatable bonds is 5. The van der Waals surface area contributed by atoms with Crippen LogP contribution >= 0.6 is 0 Å². The number of aliphatic carboxylic acids is 1. The lowest BCUT2D eigenvalue weighted by Gasteiger charge is -2.38. The van der Waals surface area contributed by atoms with E-state index in [1.54, 1.807) is 0 Å². The number of hydrogen-bond acceptors (Lipinski definition) is 2. The minimum absolute atomic E-state index is 0.0470. The fourth-order valence-electron chi connectivity index (χ4n) is 1.84. The summed E-state index contributed by atoms with van der Waals surface area (Å²) in [5.74, 6) is -0.726. The van der Waals surface area contributed by atoms with Crippen LogP contribution in [0.4, 0.5) is 0 Å². The molecule has 1 fully saturated rings. The Labute approximate surface area is 83.9 Å². The lowest BCUT2D eigenvalue weighted by molar-refractivity contribution is -0.151. The van der Waals surface area contributed by atoms with Crippen molar-refractivity contribution in [3.8, 4) is 0 Å². The van der Waals surface area contributed by atoms with Gasteiger partial charge >= 0.3 is 5.97 Å². The maximum absolute atomic E-state index is 11.0. The molecule has 80 valence electrons. The Balaban J connectivity index is 2.73. The van der Waals surface area contributed by atoms with Crippen LogP contribution in [0.3, 0.4) is 0 Å². The summed E-state index contributed by atoms with van der Waals surface area (Å²) in [6.07, 6.45) is 3.59. The standard InChI is InChI=1S/C10H17NO3/c1-7(2)11(6-12)9(10(13)14)8-4-3-5-8/h6-9H,3-5H2,1-2H3,(H,13,14). The lowest BCUT2D eigenvalue weighted by Crippen LogP contribution is -2.50. The highest BCUT2D eigenvalue weighted by Crippen LogP contribution is 2.32. The van der Waals surface area contributed by atoms with Gasteiger partial charge in [-0.2, -0.15) is 0 Å². The van der Waals surface area contributed by atoms with Crippen LogP contribution in [0.2, 0.25) is 0 Å². The van der Waals surface area contributed by atoms with Gasteiger partial charge in [-0.25, -0.2) is 4.79 Å². The molecule has 1 aliphatic carbocycles. The molecule has 0 aromatic carbocycles. The van der Waals surface area contributed by atoms with E-state index in [0.717, 1.165) is 19.3 Å². The normalized spacial score (nSPS) is 18.8. The molecule has 0 aromatic rings. The zero-order chi connectivity index (χ0) is 10.7. The van der Waals surface area contributed by atoms with E-state index in [9.17, 15) is 9.59 Å². The van der Waals surface area contributed by atoms with Crippen LogP contribution in [-0.2, 0) is 9.59 Å². The van der Waals surface area contributed by atoms with Crippen molar-refractivity contribution in [1.29, 1.82) is 0 Å². The fourth-order valence-corrected chi connectivity index (χ4v) is 1.84. The molecule has 1 aliphatic rings. The molecule has 1 rings (SSSR count). The van der Waals surface area contributed by atoms with E-state index in [1.807, 2.05) is 13.8 Å². The Morgan fingerprint density at radius 3 is 2.29 bits per heavy atom. The summed E-state index contributed by atoms with van der Waals surface area (Å²) < 4.78 is 0. The second kappa shape index (κ2) is 4.44. The smallest absolute Gasteiger partial charge is 0.326 e. The van der Waals surface area contributed by atoms with Crippen molar-refractivity contribution < 1.29 is 14.7 Å². The van der Waals surface area contributed by atoms with E-state index in [4.69, 9.17) is 5.11 Å². The number of carboxylic acid groups (broad SMARTS) is 1. The van der Waals surface area contributed by atoms with Crippen LogP contribution in [0.5, 0.6) is 0 Å². The van der Waals surface area contributed by atoms with Crippen LogP contribution in [0, 0.1) is 5.92 Å². The number of amides is 1. The van der Waals surface area contributed by atoms with E-state index in [2.05, 4.69) is 0 Å². The zero-order valence-electron chi connectivity index (χ0n) is 8.64. The summed E-state index contributed by atoms with van der Waals surface area (Å²) in [6, 6.07) is -0.671. The molecule has 0 radical (unpaired) electrons. The molecule has 0 bridgehead atoms. The van der Waals surface area contributed by atoms with Gasteiger partial charge in [0.25, 0.3) is 0 Å². The molecule has 1 atom stereocenters. The van der Waals surface area contributed by atoms with Crippen molar-refractivity contribution >= 4 is 12.4 Å². The zero-order valence-corrected chi connectivity index (χ0v) is 8.64. The third kappa shape index (κ3) is 2.05. The number of nitrogens with zero attached hydrogens (tertiary/aromatic N) is 1. The van der Waals surface area contributed by atoms with Gasteiger partial charge in [-0.1, -0.05) is 6.42 Å². The third-order valence-electron chi connectivity index (χ3n) is 2.89. The molecule has 0 heterocycles. The number of carbonyl (C=O) groups excluding carboxylic acids is 1. The third-order valence-corrected chi connectivity index (χ3v) is 2.89. The summed E-state index contributed by atoms with van der Waals surface area (Å²) in [4.78, 5) is 23.2. The lowest BCUT2D eigenvalue weighted by atomic mass is 9.79. The Morgan fingerprint density at radius 2 is 2.07 bits per heavy atom. The summed E-state index contributed by atoms with van der Waals surface area (Å²) in [6.45, 7) is 3.67. The van der Waals surface area contributed by atoms with Crippen molar-refractivity contribution in [2.75, 3.05) is 0 Å². The molecule has 0 aromatic heterocycles. The molecule has 14 heavy (non-hydrogen) atoms. The molecule has 1 amide bonds. The van der Waals surface area contributed by atoms with Gasteiger partial charge in [-0.3, -0.25) is 4.79 Å². The highest BCUT2D eigenvalue weighted by molar-refractivity contribution is 5.77. The molecule has 1 saturated carbocycles. The Kier molecular flexibility index (Phi) is 3.49. The predicted octanol–water partition coefficient (Wildman–Crippen LogP) is 1.11. The molecule has 4 heteroatoms. The monoisotopic (exact) mass is 199 g/mol. The van der Waals surface area contributed by atoms with Crippen LogP contribution in [0.1, 0.15) is 33.1 Å². The van der Waals surface area contributed by atoms with Crippen molar-refractivity contribution in [2.24, 2.45) is 5.92 Å². The van der Waals surface area contributed by atoms with Crippen molar-refractivity contribution in [2.45, 2.75) is 45.2 Å². The maximum Gasteiger partial charge on any atom is 0.326 e. The van der Waals surface area contributed by atoms with E-state index >= 15 is 0 Å². The minimum Gasteiger partial charge on any atom is -0.480 e. The van der Waals surface area contributed by atoms with E-state index < -0.39 is 12.0 Å². The molecular weight excluding hydrogens is 182 g/mol. The molecule has 1 unspecified atom stereocenters. The second-order valence-electron chi connectivity index (χ2n) is 4.12. The predicted molar refractivity (Wildman–Crippen MR) is 51.8 cm³/mol. The quantitative estimate of drug-likeness (QED) is 0.675. The number of hydrogen-bond donors (Lipinski definition) is 1. The first-order chi connectivity index (χ1) is 6.57. The molecule has 0 spiro atoms. The summed E-state index contributed by atoms with van der Waals surface area (Å²) in [5, 5.41) is 9.06. The van der Waals surface area contributed by atoms with Gasteiger partial charge < -0.3 is 10.0 Å². The van der Waals surface area contributed by atoms with Gasteiger partial charge in [0.15, 0.2) is 0 Å². The molecule has 1 N–H and O–H groups in total. The van der Waals surface area contributed by atoms with Gasteiger partial charge in [0.05, 0.1) is 0 Å². The SMILES string of the molecule is CC(C)N(C=O)C(C(=O)O)C1CCC1. The first kappa shape index (κ1) is 11.0. The molecule has 4 nitrogen and oxygen atoms in total. The highest BCUT2D eigenvalue weighted by atomic mass is 16.4. The fraction of sp³-hybridized carbons (Fsp3) is 0.800. The highest BCUT2D eigenvalue weighted by Gasteiger charge is 2.37. The van der Waals surface area contributed by atoms with Gasteiger partial charge in [-0.05, 0) is 32.6 Å². The van der Waals surface area contributed by atoms with Gasteiger partial charge in [-0.15, -0.1) is 0 Å².